The van der Waals surface area contributed by atoms with E-state index in [1.165, 1.54) is 100 Å². The van der Waals surface area contributed by atoms with Crippen LogP contribution < -0.4 is 21.3 Å². The number of aromatic hydroxyl groups is 2. The molecule has 85 heavy (non-hydrogen) atoms. The van der Waals surface area contributed by atoms with Crippen LogP contribution in [0, 0.1) is 6.92 Å². The number of nitrogens with zero attached hydrogens (tertiary/aromatic N) is 8. The highest BCUT2D eigenvalue weighted by Crippen LogP contribution is 2.43. The molecule has 0 spiro atoms. The van der Waals surface area contributed by atoms with Crippen LogP contribution >= 0.6 is 46.6 Å². The lowest BCUT2D eigenvalue weighted by Gasteiger charge is -2.49. The topological polar surface area (TPSA) is 405 Å². The Balaban J connectivity index is 0.000000222. The molecule has 6 aliphatic rings. The number of esters is 1. The van der Waals surface area contributed by atoms with E-state index in [0.717, 1.165) is 31.5 Å². The molecule has 0 radical (unpaired) electrons. The number of nitrogens with one attached hydrogen (secondary N) is 4. The van der Waals surface area contributed by atoms with Crippen molar-refractivity contribution in [3.63, 3.8) is 0 Å². The maximum atomic E-state index is 13.6. The first kappa shape index (κ1) is 62.3. The summed E-state index contributed by atoms with van der Waals surface area (Å²) >= 11 is 5.15. The van der Waals surface area contributed by atoms with Gasteiger partial charge in [-0.15, -0.1) is 33.7 Å². The number of rotatable bonds is 17. The monoisotopic (exact) mass is 1250 g/mol. The number of phenolic OH excluding ortho intramolecular Hbond substituents is 2. The first-order valence-corrected chi connectivity index (χ1v) is 29.7. The normalized spacial score (nSPS) is 20.9. The molecule has 8 N–H and O–H groups in total. The van der Waals surface area contributed by atoms with Crippen molar-refractivity contribution in [3.05, 3.63) is 87.2 Å². The van der Waals surface area contributed by atoms with Gasteiger partial charge in [-0.05, 0) is 61.7 Å². The number of imide groups is 2. The molecule has 6 aliphatic heterocycles. The summed E-state index contributed by atoms with van der Waals surface area (Å²) in [5, 5.41) is 56.4. The molecule has 12 amide bonds. The van der Waals surface area contributed by atoms with Gasteiger partial charge in [-0.2, -0.15) is 0 Å². The van der Waals surface area contributed by atoms with Crippen LogP contribution in [-0.2, 0) is 57.5 Å². The molecule has 9 rings (SSSR count). The predicted molar refractivity (Wildman–Crippen MR) is 298 cm³/mol. The standard InChI is InChI=1S/C26H27N7O8S3.C25H27N5O10S/c1-3-31-8-9-32(22(38)21(31)37)25(41)28-16(13-4-6-15(34)7-5-13)19(35)27-17-20(36)33-18(24(39)40)14(10-42-23(17)33)11-43-26-30-29-12(2)44-26;1-3-28-8-9-29(22(36)21(28)35)25(39)27-16(13-4-6-15(32)7-5-13)19(33)26-17-20(34)30-18(24(37)38)14(10-40-12(2)31)11-41-23(17)30/h4-7,16-17,23,34H,3,8-11H2,1-2H3,(H,27,35)(H,28,41)(H,39,40);4-7,16-17,23,32H,3,8-11H2,1-2H3,(H,26,33)(H,27,39)(H,37,38)/t16-,17+,23?;16-,17+,23+/m00/s1. The number of likely N-dealkylation sites (N-methyl/N-ethyl adjacent to an activating group) is 2. The molecule has 3 aromatic rings. The fraction of sp³-hybridized carbons (Fsp3) is 0.392. The molecule has 0 saturated carbocycles. The van der Waals surface area contributed by atoms with Crippen LogP contribution in [0.1, 0.15) is 49.0 Å². The van der Waals surface area contributed by atoms with Crippen LogP contribution in [0.5, 0.6) is 11.5 Å². The van der Waals surface area contributed by atoms with Crippen molar-refractivity contribution in [2.75, 3.05) is 63.1 Å². The molecule has 4 fully saturated rings. The third-order valence-electron chi connectivity index (χ3n) is 13.8. The van der Waals surface area contributed by atoms with Gasteiger partial charge in [-0.3, -0.25) is 62.8 Å². The Morgan fingerprint density at radius 2 is 1.06 bits per heavy atom. The summed E-state index contributed by atoms with van der Waals surface area (Å²) in [5.74, 6) is -9.57. The minimum absolute atomic E-state index is 0.0769. The number of aromatic nitrogens is 2. The maximum Gasteiger partial charge on any atom is 0.352 e. The van der Waals surface area contributed by atoms with Crippen LogP contribution in [0.2, 0.25) is 0 Å². The number of fused-ring (bicyclic) bond motifs is 2. The van der Waals surface area contributed by atoms with Gasteiger partial charge in [-0.1, -0.05) is 47.4 Å². The van der Waals surface area contributed by atoms with E-state index in [1.807, 2.05) is 6.92 Å². The SMILES string of the molecule is CCN1CCN(C(=O)N[C@H](C(=O)N[C@@H]2C(=O)N3C(C(=O)O)=C(COC(C)=O)CS[C@H]23)c2ccc(O)cc2)C(=O)C1=O.CCN1CCN(C(=O)N[C@H](C(=O)N[C@@H]2C(=O)N3C(C(=O)O)=C(CSc4nnc(C)s4)CSC23)c2ccc(O)cc2)C(=O)C1=O. The molecule has 2 aromatic carbocycles. The summed E-state index contributed by atoms with van der Waals surface area (Å²) in [6.45, 7) is 6.73. The quantitative estimate of drug-likeness (QED) is 0.0371. The second kappa shape index (κ2) is 26.4. The zero-order valence-electron chi connectivity index (χ0n) is 45.4. The fourth-order valence-electron chi connectivity index (χ4n) is 9.41. The minimum Gasteiger partial charge on any atom is -0.508 e. The van der Waals surface area contributed by atoms with E-state index in [2.05, 4.69) is 31.5 Å². The molecule has 34 heteroatoms. The summed E-state index contributed by atoms with van der Waals surface area (Å²) in [6, 6.07) is 3.57. The lowest BCUT2D eigenvalue weighted by Crippen LogP contribution is -2.71. The number of β-lactam (4-membered cyclic amide) rings is 2. The van der Waals surface area contributed by atoms with Crippen LogP contribution in [0.15, 0.2) is 75.4 Å². The van der Waals surface area contributed by atoms with Crippen LogP contribution in [0.3, 0.4) is 0 Å². The zero-order valence-corrected chi connectivity index (χ0v) is 48.6. The Hall–Kier alpha value is -8.76. The Morgan fingerprint density at radius 3 is 1.45 bits per heavy atom. The first-order chi connectivity index (χ1) is 40.4. The second-order valence-corrected chi connectivity index (χ2v) is 23.7. The van der Waals surface area contributed by atoms with Gasteiger partial charge in [0, 0.05) is 69.0 Å². The lowest BCUT2D eigenvalue weighted by atomic mass is 10.0. The summed E-state index contributed by atoms with van der Waals surface area (Å²) in [5.41, 5.74) is 0.723. The van der Waals surface area contributed by atoms with Gasteiger partial charge in [0.15, 0.2) is 4.34 Å². The molecule has 6 atom stereocenters. The highest BCUT2D eigenvalue weighted by molar-refractivity contribution is 8.02. The van der Waals surface area contributed by atoms with Crippen LogP contribution in [0.25, 0.3) is 0 Å². The Bertz CT molecular complexity index is 3340. The number of amides is 12. The summed E-state index contributed by atoms with van der Waals surface area (Å²) in [4.78, 5) is 171. The van der Waals surface area contributed by atoms with Crippen molar-refractivity contribution in [1.29, 1.82) is 0 Å². The number of carbonyl (C=O) groups excluding carboxylic acids is 11. The molecule has 0 aliphatic carbocycles. The summed E-state index contributed by atoms with van der Waals surface area (Å²) in [6.07, 6.45) is 0. The van der Waals surface area contributed by atoms with Gasteiger partial charge in [0.2, 0.25) is 11.8 Å². The largest absolute Gasteiger partial charge is 0.508 e. The number of phenols is 2. The van der Waals surface area contributed by atoms with E-state index in [1.54, 1.807) is 13.8 Å². The molecule has 4 saturated heterocycles. The Labute approximate surface area is 498 Å². The number of benzene rings is 2. The van der Waals surface area contributed by atoms with E-state index in [9.17, 15) is 82.8 Å². The van der Waals surface area contributed by atoms with Crippen molar-refractivity contribution in [2.24, 2.45) is 0 Å². The maximum absolute atomic E-state index is 13.6. The van der Waals surface area contributed by atoms with Crippen molar-refractivity contribution < 1.29 is 87.5 Å². The molecule has 1 aromatic heterocycles. The predicted octanol–water partition coefficient (Wildman–Crippen LogP) is -0.340. The van der Waals surface area contributed by atoms with E-state index in [0.29, 0.717) is 32.9 Å². The number of aryl methyl sites for hydroxylation is 1. The highest BCUT2D eigenvalue weighted by Gasteiger charge is 2.56. The number of aliphatic carboxylic acids is 2. The van der Waals surface area contributed by atoms with Gasteiger partial charge >= 0.3 is 53.6 Å². The number of hydrogen-bond donors (Lipinski definition) is 8. The van der Waals surface area contributed by atoms with E-state index in [-0.39, 0.29) is 84.7 Å². The fourth-order valence-corrected chi connectivity index (χ4v) is 14.0. The smallest absolute Gasteiger partial charge is 0.352 e. The highest BCUT2D eigenvalue weighted by atomic mass is 32.2. The van der Waals surface area contributed by atoms with E-state index in [4.69, 9.17) is 4.74 Å². The molecular formula is C51H54N12O18S4. The Kier molecular flexibility index (Phi) is 19.4. The van der Waals surface area contributed by atoms with Crippen molar-refractivity contribution in [3.8, 4) is 11.5 Å². The number of urea groups is 2. The van der Waals surface area contributed by atoms with E-state index >= 15 is 0 Å². The average molecular weight is 1250 g/mol. The van der Waals surface area contributed by atoms with E-state index < -0.39 is 112 Å². The molecule has 0 bridgehead atoms. The third-order valence-corrected chi connectivity index (χ3v) is 18.5. The number of carboxylic acid groups (broad SMARTS) is 2. The molecule has 7 heterocycles. The van der Waals surface area contributed by atoms with Gasteiger partial charge in [0.05, 0.1) is 0 Å². The Morgan fingerprint density at radius 1 is 0.635 bits per heavy atom. The third kappa shape index (κ3) is 13.3. The van der Waals surface area contributed by atoms with Crippen molar-refractivity contribution in [2.45, 2.75) is 66.9 Å². The number of ether oxygens (including phenoxy) is 1. The summed E-state index contributed by atoms with van der Waals surface area (Å²) < 4.78 is 5.58. The van der Waals surface area contributed by atoms with Gasteiger partial charge in [0.25, 0.3) is 11.8 Å². The molecule has 30 nitrogen and oxygen atoms in total. The second-order valence-electron chi connectivity index (χ2n) is 19.1. The number of carboxylic acids is 2. The molecular weight excluding hydrogens is 1200 g/mol. The summed E-state index contributed by atoms with van der Waals surface area (Å²) in [7, 11) is 0. The van der Waals surface area contributed by atoms with Gasteiger partial charge < -0.3 is 56.2 Å². The molecule has 1 unspecified atom stereocenters. The first-order valence-electron chi connectivity index (χ1n) is 25.8. The lowest BCUT2D eigenvalue weighted by molar-refractivity contribution is -0.153. The number of hydrogen-bond acceptors (Lipinski definition) is 22. The average Bonchev–Trinajstić information content (AvgIpc) is 1.81. The van der Waals surface area contributed by atoms with Gasteiger partial charge in [0.1, 0.15) is 69.4 Å². The zero-order chi connectivity index (χ0) is 61.7. The number of thioether (sulfide) groups is 3. The number of carbonyl (C=O) groups is 13. The van der Waals surface area contributed by atoms with Gasteiger partial charge in [-0.25, -0.2) is 19.2 Å². The number of piperazine rings is 2. The molecule has 450 valence electrons. The van der Waals surface area contributed by atoms with Crippen molar-refractivity contribution >= 4 is 124 Å². The van der Waals surface area contributed by atoms with Crippen molar-refractivity contribution in [1.82, 2.24) is 60.9 Å². The van der Waals surface area contributed by atoms with Crippen LogP contribution in [-0.4, -0.2) is 223 Å². The van der Waals surface area contributed by atoms with Crippen LogP contribution in [0.4, 0.5) is 9.59 Å². The minimum atomic E-state index is -1.44.